The van der Waals surface area contributed by atoms with Gasteiger partial charge in [-0.3, -0.25) is 0 Å². The van der Waals surface area contributed by atoms with E-state index in [1.807, 2.05) is 36.4 Å². The molecule has 1 aliphatic heterocycles. The van der Waals surface area contributed by atoms with E-state index in [0.717, 1.165) is 52.5 Å². The van der Waals surface area contributed by atoms with E-state index in [2.05, 4.69) is 77.5 Å². The maximum Gasteiger partial charge on any atom is 0.132 e. The SMILES string of the molecule is NC(=Nc1ccc(CCCCOc2ccc3c(c2)Nc2ccccc2S3)cc1)c1ccccc1S. The molecule has 6 heteroatoms. The third-order valence-electron chi connectivity index (χ3n) is 5.82. The van der Waals surface area contributed by atoms with Crippen LogP contribution in [0.3, 0.4) is 0 Å². The molecule has 0 saturated carbocycles. The number of nitrogens with zero attached hydrogens (tertiary/aromatic N) is 1. The zero-order valence-corrected chi connectivity index (χ0v) is 21.0. The van der Waals surface area contributed by atoms with Crippen molar-refractivity contribution >= 4 is 47.3 Å². The van der Waals surface area contributed by atoms with Gasteiger partial charge in [0.15, 0.2) is 0 Å². The molecule has 5 rings (SSSR count). The zero-order chi connectivity index (χ0) is 24.0. The summed E-state index contributed by atoms with van der Waals surface area (Å²) in [6.45, 7) is 0.699. The second kappa shape index (κ2) is 10.9. The lowest BCUT2D eigenvalue weighted by Gasteiger charge is -2.21. The Balaban J connectivity index is 1.08. The fourth-order valence-corrected chi connectivity index (χ4v) is 5.20. The number of ether oxygens (including phenoxy) is 1. The van der Waals surface area contributed by atoms with Crippen LogP contribution in [0.25, 0.3) is 0 Å². The molecule has 0 bridgehead atoms. The topological polar surface area (TPSA) is 59.6 Å². The summed E-state index contributed by atoms with van der Waals surface area (Å²) in [5, 5.41) is 3.51. The van der Waals surface area contributed by atoms with Crippen LogP contribution in [0.5, 0.6) is 5.75 Å². The van der Waals surface area contributed by atoms with Gasteiger partial charge in [-0.25, -0.2) is 4.99 Å². The lowest BCUT2D eigenvalue weighted by Crippen LogP contribution is -2.13. The standard InChI is InChI=1S/C29H27N3OS2/c30-29(23-8-1-3-10-26(23)34)31-21-14-12-20(13-15-21)7-5-6-18-33-22-16-17-28-25(19-22)32-24-9-2-4-11-27(24)35-28/h1-4,8-17,19,32,34H,5-7,18H2,(H2,30,31). The molecule has 35 heavy (non-hydrogen) atoms. The second-order valence-electron chi connectivity index (χ2n) is 8.37. The molecule has 0 aliphatic carbocycles. The van der Waals surface area contributed by atoms with Gasteiger partial charge in [-0.2, -0.15) is 0 Å². The number of aliphatic imine (C=N–C) groups is 1. The Kier molecular flexibility index (Phi) is 7.31. The van der Waals surface area contributed by atoms with Gasteiger partial charge < -0.3 is 15.8 Å². The number of hydrogen-bond acceptors (Lipinski definition) is 5. The first kappa shape index (κ1) is 23.4. The van der Waals surface area contributed by atoms with Gasteiger partial charge in [-0.15, -0.1) is 12.6 Å². The number of unbranched alkanes of at least 4 members (excludes halogenated alkanes) is 1. The number of nitrogens with two attached hydrogens (primary N) is 1. The van der Waals surface area contributed by atoms with Crippen LogP contribution in [-0.2, 0) is 6.42 Å². The Morgan fingerprint density at radius 3 is 2.49 bits per heavy atom. The number of para-hydroxylation sites is 1. The molecule has 0 unspecified atom stereocenters. The van der Waals surface area contributed by atoms with Crippen LogP contribution in [0.15, 0.2) is 111 Å². The minimum absolute atomic E-state index is 0.473. The molecule has 0 amide bonds. The monoisotopic (exact) mass is 497 g/mol. The minimum Gasteiger partial charge on any atom is -0.494 e. The Morgan fingerprint density at radius 2 is 1.63 bits per heavy atom. The van der Waals surface area contributed by atoms with Crippen LogP contribution in [0, 0.1) is 0 Å². The highest BCUT2D eigenvalue weighted by atomic mass is 32.2. The Hall–Kier alpha value is -3.35. The summed E-state index contributed by atoms with van der Waals surface area (Å²) < 4.78 is 6.03. The number of aryl methyl sites for hydroxylation is 1. The normalized spacial score (nSPS) is 12.4. The Bertz CT molecular complexity index is 1350. The van der Waals surface area contributed by atoms with Crippen molar-refractivity contribution in [3.63, 3.8) is 0 Å². The van der Waals surface area contributed by atoms with Gasteiger partial charge in [0.1, 0.15) is 11.6 Å². The number of anilines is 2. The zero-order valence-electron chi connectivity index (χ0n) is 19.3. The quantitative estimate of drug-likeness (QED) is 0.0893. The van der Waals surface area contributed by atoms with Gasteiger partial charge >= 0.3 is 0 Å². The molecule has 3 N–H and O–H groups in total. The van der Waals surface area contributed by atoms with Crippen molar-refractivity contribution in [3.8, 4) is 5.75 Å². The molecule has 0 atom stereocenters. The van der Waals surface area contributed by atoms with Crippen molar-refractivity contribution in [2.45, 2.75) is 33.9 Å². The molecule has 0 fully saturated rings. The molecule has 0 spiro atoms. The molecule has 1 heterocycles. The summed E-state index contributed by atoms with van der Waals surface area (Å²) in [4.78, 5) is 7.83. The molecule has 0 saturated heterocycles. The maximum absolute atomic E-state index is 6.17. The van der Waals surface area contributed by atoms with Crippen LogP contribution < -0.4 is 15.8 Å². The van der Waals surface area contributed by atoms with Gasteiger partial charge in [0.25, 0.3) is 0 Å². The van der Waals surface area contributed by atoms with Gasteiger partial charge in [0.05, 0.1) is 23.7 Å². The summed E-state index contributed by atoms with van der Waals surface area (Å²) in [7, 11) is 0. The van der Waals surface area contributed by atoms with E-state index in [4.69, 9.17) is 10.5 Å². The third-order valence-corrected chi connectivity index (χ3v) is 7.36. The van der Waals surface area contributed by atoms with E-state index in [1.54, 1.807) is 11.8 Å². The summed E-state index contributed by atoms with van der Waals surface area (Å²) in [6.07, 6.45) is 3.05. The first-order valence-electron chi connectivity index (χ1n) is 11.7. The summed E-state index contributed by atoms with van der Waals surface area (Å²) in [5.74, 6) is 1.37. The van der Waals surface area contributed by atoms with Crippen LogP contribution in [0.4, 0.5) is 17.1 Å². The van der Waals surface area contributed by atoms with Gasteiger partial charge in [0.2, 0.25) is 0 Å². The van der Waals surface area contributed by atoms with Crippen molar-refractivity contribution in [1.82, 2.24) is 0 Å². The first-order valence-corrected chi connectivity index (χ1v) is 12.9. The van der Waals surface area contributed by atoms with Crippen molar-refractivity contribution in [1.29, 1.82) is 0 Å². The van der Waals surface area contributed by atoms with Crippen LogP contribution in [0.1, 0.15) is 24.0 Å². The predicted molar refractivity (Wildman–Crippen MR) is 149 cm³/mol. The van der Waals surface area contributed by atoms with Gasteiger partial charge in [-0.05, 0) is 67.3 Å². The van der Waals surface area contributed by atoms with E-state index >= 15 is 0 Å². The summed E-state index contributed by atoms with van der Waals surface area (Å²) in [5.41, 5.74) is 11.4. The minimum atomic E-state index is 0.473. The van der Waals surface area contributed by atoms with Crippen LogP contribution in [-0.4, -0.2) is 12.4 Å². The average molecular weight is 498 g/mol. The Labute approximate surface area is 216 Å². The maximum atomic E-state index is 6.17. The second-order valence-corrected chi connectivity index (χ2v) is 9.93. The Morgan fingerprint density at radius 1 is 0.857 bits per heavy atom. The molecule has 4 aromatic rings. The van der Waals surface area contributed by atoms with E-state index < -0.39 is 0 Å². The van der Waals surface area contributed by atoms with Gasteiger partial charge in [-0.1, -0.05) is 54.2 Å². The lowest BCUT2D eigenvalue weighted by molar-refractivity contribution is 0.307. The van der Waals surface area contributed by atoms with E-state index in [-0.39, 0.29) is 0 Å². The summed E-state index contributed by atoms with van der Waals surface area (Å²) >= 11 is 6.24. The molecular formula is C29H27N3OS2. The van der Waals surface area contributed by atoms with E-state index in [0.29, 0.717) is 12.4 Å². The molecule has 176 valence electrons. The predicted octanol–water partition coefficient (Wildman–Crippen LogP) is 7.62. The van der Waals surface area contributed by atoms with Crippen molar-refractivity contribution in [2.24, 2.45) is 10.7 Å². The van der Waals surface area contributed by atoms with Crippen molar-refractivity contribution in [2.75, 3.05) is 11.9 Å². The number of thiol groups is 1. The molecule has 0 aromatic heterocycles. The number of fused-ring (bicyclic) bond motifs is 2. The fraction of sp³-hybridized carbons (Fsp3) is 0.138. The number of nitrogens with one attached hydrogen (secondary N) is 1. The van der Waals surface area contributed by atoms with Crippen LogP contribution in [0.2, 0.25) is 0 Å². The van der Waals surface area contributed by atoms with Crippen LogP contribution >= 0.6 is 24.4 Å². The number of hydrogen-bond donors (Lipinski definition) is 3. The smallest absolute Gasteiger partial charge is 0.132 e. The number of rotatable bonds is 8. The molecular weight excluding hydrogens is 470 g/mol. The van der Waals surface area contributed by atoms with Crippen molar-refractivity contribution in [3.05, 3.63) is 102 Å². The highest BCUT2D eigenvalue weighted by Crippen LogP contribution is 2.45. The van der Waals surface area contributed by atoms with E-state index in [1.165, 1.54) is 15.4 Å². The summed E-state index contributed by atoms with van der Waals surface area (Å²) in [6, 6.07) is 30.6. The number of amidine groups is 1. The lowest BCUT2D eigenvalue weighted by atomic mass is 10.1. The third kappa shape index (κ3) is 5.84. The van der Waals surface area contributed by atoms with Gasteiger partial charge in [0, 0.05) is 26.3 Å². The van der Waals surface area contributed by atoms with Crippen molar-refractivity contribution < 1.29 is 4.74 Å². The molecule has 0 radical (unpaired) electrons. The highest BCUT2D eigenvalue weighted by molar-refractivity contribution is 7.99. The molecule has 4 aromatic carbocycles. The average Bonchev–Trinajstić information content (AvgIpc) is 2.88. The largest absolute Gasteiger partial charge is 0.494 e. The first-order chi connectivity index (χ1) is 17.2. The fourth-order valence-electron chi connectivity index (χ4n) is 3.96. The van der Waals surface area contributed by atoms with E-state index in [9.17, 15) is 0 Å². The molecule has 4 nitrogen and oxygen atoms in total. The highest BCUT2D eigenvalue weighted by Gasteiger charge is 2.15. The molecule has 1 aliphatic rings. The number of benzene rings is 4.